The third-order valence-corrected chi connectivity index (χ3v) is 6.99. The maximum atomic E-state index is 13.5. The zero-order chi connectivity index (χ0) is 25.9. The summed E-state index contributed by atoms with van der Waals surface area (Å²) in [5.41, 5.74) is 1.85. The highest BCUT2D eigenvalue weighted by atomic mass is 79.9. The van der Waals surface area contributed by atoms with Crippen LogP contribution in [0.25, 0.3) is 22.3 Å². The monoisotopic (exact) mass is 679 g/mol. The molecule has 0 spiro atoms. The Morgan fingerprint density at radius 1 is 0.865 bits per heavy atom. The van der Waals surface area contributed by atoms with Crippen molar-refractivity contribution < 1.29 is 9.53 Å². The molecule has 37 heavy (non-hydrogen) atoms. The zero-order valence-electron chi connectivity index (χ0n) is 18.9. The quantitative estimate of drug-likeness (QED) is 0.110. The molecule has 0 atom stereocenters. The number of carbonyl (C=O) groups excluding carboxylic acids is 1. The van der Waals surface area contributed by atoms with Gasteiger partial charge in [-0.25, -0.2) is 9.78 Å². The predicted molar refractivity (Wildman–Crippen MR) is 155 cm³/mol. The molecule has 4 aromatic carbocycles. The zero-order valence-corrected chi connectivity index (χ0v) is 23.7. The summed E-state index contributed by atoms with van der Waals surface area (Å²) in [6.07, 6.45) is 1.48. The molecule has 0 radical (unpaired) electrons. The number of carbonyl (C=O) groups is 1. The summed E-state index contributed by atoms with van der Waals surface area (Å²) in [6, 6.07) is 26.8. The fourth-order valence-electron chi connectivity index (χ4n) is 3.65. The number of benzene rings is 4. The van der Waals surface area contributed by atoms with Gasteiger partial charge in [0.15, 0.2) is 11.6 Å². The van der Waals surface area contributed by atoms with E-state index in [1.165, 1.54) is 10.9 Å². The van der Waals surface area contributed by atoms with Crippen LogP contribution in [0.5, 0.6) is 5.75 Å². The van der Waals surface area contributed by atoms with E-state index >= 15 is 0 Å². The van der Waals surface area contributed by atoms with E-state index < -0.39 is 5.97 Å². The van der Waals surface area contributed by atoms with E-state index in [1.807, 2.05) is 36.4 Å². The molecule has 0 aliphatic carbocycles. The van der Waals surface area contributed by atoms with Gasteiger partial charge in [-0.05, 0) is 64.5 Å². The fraction of sp³-hybridized carbons (Fsp3) is 0. The highest BCUT2D eigenvalue weighted by Crippen LogP contribution is 2.33. The summed E-state index contributed by atoms with van der Waals surface area (Å²) >= 11 is 10.4. The van der Waals surface area contributed by atoms with Crippen molar-refractivity contribution in [1.82, 2.24) is 9.66 Å². The molecule has 0 unspecified atom stereocenters. The summed E-state index contributed by atoms with van der Waals surface area (Å²) in [4.78, 5) is 31.0. The van der Waals surface area contributed by atoms with Gasteiger partial charge in [0.05, 0.1) is 27.2 Å². The molecule has 1 aromatic heterocycles. The standard InChI is InChI=1S/C28H16Br3N3O3/c29-20-12-10-17(11-13-20)26-33-24-9-5-4-8-22(24)27(35)34(26)32-16-19-14-21(30)15-23(31)25(19)37-28(36)18-6-2-1-3-7-18/h1-16H. The number of hydrogen-bond donors (Lipinski definition) is 0. The second-order valence-electron chi connectivity index (χ2n) is 7.88. The minimum atomic E-state index is -0.515. The molecule has 0 N–H and O–H groups in total. The largest absolute Gasteiger partial charge is 0.421 e. The van der Waals surface area contributed by atoms with Crippen molar-refractivity contribution in [3.8, 4) is 17.1 Å². The Morgan fingerprint density at radius 3 is 2.32 bits per heavy atom. The number of aromatic nitrogens is 2. The highest BCUT2D eigenvalue weighted by molar-refractivity contribution is 9.11. The van der Waals surface area contributed by atoms with Gasteiger partial charge in [0.1, 0.15) is 0 Å². The maximum absolute atomic E-state index is 13.5. The van der Waals surface area contributed by atoms with Crippen LogP contribution in [0.4, 0.5) is 0 Å². The SMILES string of the molecule is O=C(Oc1c(Br)cc(Br)cc1C=Nn1c(-c2ccc(Br)cc2)nc2ccccc2c1=O)c1ccccc1. The van der Waals surface area contributed by atoms with Crippen LogP contribution in [0.15, 0.2) is 114 Å². The van der Waals surface area contributed by atoms with E-state index in [0.717, 1.165) is 8.95 Å². The maximum Gasteiger partial charge on any atom is 0.343 e. The smallest absolute Gasteiger partial charge is 0.343 e. The van der Waals surface area contributed by atoms with Crippen LogP contribution in [0, 0.1) is 0 Å². The minimum absolute atomic E-state index is 0.271. The van der Waals surface area contributed by atoms with Gasteiger partial charge in [-0.3, -0.25) is 4.79 Å². The van der Waals surface area contributed by atoms with Crippen molar-refractivity contribution in [2.24, 2.45) is 5.10 Å². The lowest BCUT2D eigenvalue weighted by Gasteiger charge is -2.12. The summed E-state index contributed by atoms with van der Waals surface area (Å²) in [5.74, 6) is 0.135. The Bertz CT molecular complexity index is 1720. The molecule has 6 nitrogen and oxygen atoms in total. The Morgan fingerprint density at radius 2 is 1.57 bits per heavy atom. The summed E-state index contributed by atoms with van der Waals surface area (Å²) < 4.78 is 9.16. The van der Waals surface area contributed by atoms with E-state index in [1.54, 1.807) is 54.6 Å². The van der Waals surface area contributed by atoms with Crippen molar-refractivity contribution in [2.75, 3.05) is 0 Å². The molecule has 5 rings (SSSR count). The lowest BCUT2D eigenvalue weighted by Crippen LogP contribution is -2.20. The first kappa shape index (κ1) is 25.3. The van der Waals surface area contributed by atoms with E-state index in [0.29, 0.717) is 37.9 Å². The van der Waals surface area contributed by atoms with Crippen molar-refractivity contribution in [1.29, 1.82) is 0 Å². The van der Waals surface area contributed by atoms with E-state index in [-0.39, 0.29) is 11.3 Å². The predicted octanol–water partition coefficient (Wildman–Crippen LogP) is 7.45. The van der Waals surface area contributed by atoms with Crippen LogP contribution < -0.4 is 10.3 Å². The summed E-state index contributed by atoms with van der Waals surface area (Å²) in [5, 5.41) is 4.96. The molecular weight excluding hydrogens is 666 g/mol. The molecule has 182 valence electrons. The molecule has 0 amide bonds. The third-order valence-electron chi connectivity index (χ3n) is 5.41. The average molecular weight is 682 g/mol. The third kappa shape index (κ3) is 5.49. The Labute approximate surface area is 237 Å². The first-order chi connectivity index (χ1) is 17.9. The highest BCUT2D eigenvalue weighted by Gasteiger charge is 2.16. The number of esters is 1. The number of hydrogen-bond acceptors (Lipinski definition) is 5. The molecular formula is C28H16Br3N3O3. The van der Waals surface area contributed by atoms with Crippen LogP contribution >= 0.6 is 47.8 Å². The molecule has 5 aromatic rings. The topological polar surface area (TPSA) is 73.5 Å². The van der Waals surface area contributed by atoms with E-state index in [4.69, 9.17) is 9.72 Å². The van der Waals surface area contributed by atoms with Gasteiger partial charge in [-0.15, -0.1) is 0 Å². The Kier molecular flexibility index (Phi) is 7.45. The number of ether oxygens (including phenoxy) is 1. The van der Waals surface area contributed by atoms with E-state index in [9.17, 15) is 9.59 Å². The first-order valence-electron chi connectivity index (χ1n) is 11.0. The van der Waals surface area contributed by atoms with Crippen LogP contribution in [-0.2, 0) is 0 Å². The van der Waals surface area contributed by atoms with Gasteiger partial charge >= 0.3 is 5.97 Å². The molecule has 0 bridgehead atoms. The Hall–Kier alpha value is -3.40. The second kappa shape index (κ2) is 10.9. The summed E-state index contributed by atoms with van der Waals surface area (Å²) in [6.45, 7) is 0. The molecule has 0 aliphatic rings. The average Bonchev–Trinajstić information content (AvgIpc) is 2.90. The number of nitrogens with zero attached hydrogens (tertiary/aromatic N) is 3. The van der Waals surface area contributed by atoms with E-state index in [2.05, 4.69) is 52.9 Å². The van der Waals surface area contributed by atoms with Crippen LogP contribution in [0.2, 0.25) is 0 Å². The molecule has 0 fully saturated rings. The van der Waals surface area contributed by atoms with Crippen molar-refractivity contribution in [3.05, 3.63) is 126 Å². The van der Waals surface area contributed by atoms with Crippen LogP contribution in [0.3, 0.4) is 0 Å². The van der Waals surface area contributed by atoms with Crippen molar-refractivity contribution >= 4 is 70.9 Å². The van der Waals surface area contributed by atoms with Crippen LogP contribution in [0.1, 0.15) is 15.9 Å². The first-order valence-corrected chi connectivity index (χ1v) is 13.4. The summed E-state index contributed by atoms with van der Waals surface area (Å²) in [7, 11) is 0. The normalized spacial score (nSPS) is 11.2. The van der Waals surface area contributed by atoms with Crippen molar-refractivity contribution in [3.63, 3.8) is 0 Å². The van der Waals surface area contributed by atoms with Crippen molar-refractivity contribution in [2.45, 2.75) is 0 Å². The lowest BCUT2D eigenvalue weighted by molar-refractivity contribution is 0.0733. The van der Waals surface area contributed by atoms with Gasteiger partial charge in [-0.1, -0.05) is 74.3 Å². The Balaban J connectivity index is 1.63. The van der Waals surface area contributed by atoms with Gasteiger partial charge < -0.3 is 4.74 Å². The van der Waals surface area contributed by atoms with Gasteiger partial charge in [0.25, 0.3) is 5.56 Å². The number of fused-ring (bicyclic) bond motifs is 1. The molecule has 0 aliphatic heterocycles. The molecule has 0 saturated heterocycles. The number of halogens is 3. The second-order valence-corrected chi connectivity index (χ2v) is 10.6. The molecule has 1 heterocycles. The lowest BCUT2D eigenvalue weighted by atomic mass is 10.2. The fourth-order valence-corrected chi connectivity index (χ4v) is 5.25. The molecule has 0 saturated carbocycles. The number of para-hydroxylation sites is 1. The minimum Gasteiger partial charge on any atom is -0.421 e. The number of rotatable bonds is 5. The van der Waals surface area contributed by atoms with Crippen LogP contribution in [-0.4, -0.2) is 21.8 Å². The van der Waals surface area contributed by atoms with Gasteiger partial charge in [0.2, 0.25) is 0 Å². The molecule has 9 heteroatoms. The van der Waals surface area contributed by atoms with Gasteiger partial charge in [-0.2, -0.15) is 9.78 Å². The van der Waals surface area contributed by atoms with Gasteiger partial charge in [0, 0.05) is 20.1 Å².